The lowest BCUT2D eigenvalue weighted by Crippen LogP contribution is -3.05. The van der Waals surface area contributed by atoms with Gasteiger partial charge in [0.2, 0.25) is 0 Å². The maximum atomic E-state index is 10.1. The van der Waals surface area contributed by atoms with Crippen LogP contribution in [0.15, 0.2) is 0 Å². The smallest absolute Gasteiger partial charge is 0.340 e. The summed E-state index contributed by atoms with van der Waals surface area (Å²) in [6, 6.07) is 0. The lowest BCUT2D eigenvalue weighted by atomic mass is 10.5. The molecule has 0 aromatic rings. The molecule has 0 spiro atoms. The van der Waals surface area contributed by atoms with E-state index in [9.17, 15) is 4.57 Å². The molecule has 0 rings (SSSR count). The highest BCUT2D eigenvalue weighted by Gasteiger charge is 2.09. The van der Waals surface area contributed by atoms with Crippen LogP contribution in [0.4, 0.5) is 0 Å². The van der Waals surface area contributed by atoms with E-state index in [4.69, 9.17) is 4.89 Å². The van der Waals surface area contributed by atoms with E-state index in [-0.39, 0.29) is 0 Å². The highest BCUT2D eigenvalue weighted by Crippen LogP contribution is 2.12. The first-order valence-electron chi connectivity index (χ1n) is 3.05. The molecule has 1 unspecified atom stereocenters. The monoisotopic (exact) mass is 151 g/mol. The highest BCUT2D eigenvalue weighted by atomic mass is 31.1. The van der Waals surface area contributed by atoms with Crippen molar-refractivity contribution in [2.45, 2.75) is 6.42 Å². The Morgan fingerprint density at radius 2 is 2.11 bits per heavy atom. The minimum atomic E-state index is -1.89. The van der Waals surface area contributed by atoms with Gasteiger partial charge >= 0.3 is 8.03 Å². The third-order valence-corrected chi connectivity index (χ3v) is 1.72. The van der Waals surface area contributed by atoms with Crippen molar-refractivity contribution in [3.8, 4) is 0 Å². The first kappa shape index (κ1) is 9.02. The van der Waals surface area contributed by atoms with E-state index < -0.39 is 8.03 Å². The van der Waals surface area contributed by atoms with Crippen molar-refractivity contribution < 1.29 is 14.4 Å². The minimum Gasteiger partial charge on any atom is -0.340 e. The predicted octanol–water partition coefficient (Wildman–Crippen LogP) is -0.744. The molecule has 1 atom stereocenters. The molecule has 0 radical (unpaired) electrons. The largest absolute Gasteiger partial charge is 0.505 e. The molecule has 0 aromatic heterocycles. The molecule has 0 heterocycles. The van der Waals surface area contributed by atoms with Crippen molar-refractivity contribution in [2.75, 3.05) is 26.8 Å². The van der Waals surface area contributed by atoms with Crippen LogP contribution in [0.5, 0.6) is 0 Å². The summed E-state index contributed by atoms with van der Waals surface area (Å²) in [5, 5.41) is 0. The molecule has 0 bridgehead atoms. The Bertz CT molecular complexity index is 95.0. The second kappa shape index (κ2) is 4.86. The van der Waals surface area contributed by atoms with Gasteiger partial charge in [-0.15, -0.1) is 0 Å². The zero-order valence-corrected chi connectivity index (χ0v) is 6.82. The Kier molecular flexibility index (Phi) is 4.87. The minimum absolute atomic E-state index is 0.445. The number of hydrogen-bond acceptors (Lipinski definition) is 1. The average Bonchev–Trinajstić information content (AvgIpc) is 1.63. The van der Waals surface area contributed by atoms with Crippen molar-refractivity contribution in [1.82, 2.24) is 0 Å². The van der Waals surface area contributed by atoms with E-state index in [1.807, 2.05) is 14.1 Å². The van der Waals surface area contributed by atoms with Gasteiger partial charge in [-0.3, -0.25) is 0 Å². The van der Waals surface area contributed by atoms with Crippen LogP contribution in [-0.2, 0) is 4.57 Å². The van der Waals surface area contributed by atoms with Gasteiger partial charge in [0.05, 0.1) is 20.6 Å². The van der Waals surface area contributed by atoms with Gasteiger partial charge in [0.25, 0.3) is 0 Å². The first-order chi connectivity index (χ1) is 4.13. The van der Waals surface area contributed by atoms with E-state index >= 15 is 0 Å². The van der Waals surface area contributed by atoms with E-state index in [0.717, 1.165) is 13.0 Å². The summed E-state index contributed by atoms with van der Waals surface area (Å²) in [7, 11) is 2.17. The lowest BCUT2D eigenvalue weighted by molar-refractivity contribution is -0.858. The van der Waals surface area contributed by atoms with E-state index in [1.165, 1.54) is 4.90 Å². The topological polar surface area (TPSA) is 41.7 Å². The van der Waals surface area contributed by atoms with Crippen LogP contribution in [0.2, 0.25) is 0 Å². The van der Waals surface area contributed by atoms with Crippen LogP contribution in [0.1, 0.15) is 6.42 Å². The molecule has 0 aliphatic rings. The van der Waals surface area contributed by atoms with Gasteiger partial charge in [-0.25, -0.2) is 0 Å². The third kappa shape index (κ3) is 8.02. The fourth-order valence-electron chi connectivity index (χ4n) is 0.568. The molecule has 0 aliphatic heterocycles. The van der Waals surface area contributed by atoms with Gasteiger partial charge < -0.3 is 4.90 Å². The molecule has 0 aromatic carbocycles. The Morgan fingerprint density at radius 3 is 2.44 bits per heavy atom. The summed E-state index contributed by atoms with van der Waals surface area (Å²) in [6.45, 7) is 0.974. The van der Waals surface area contributed by atoms with E-state index in [0.29, 0.717) is 6.16 Å². The summed E-state index contributed by atoms with van der Waals surface area (Å²) in [5.41, 5.74) is 0. The summed E-state index contributed by atoms with van der Waals surface area (Å²) in [6.07, 6.45) is 1.29. The highest BCUT2D eigenvalue weighted by molar-refractivity contribution is 7.37. The quantitative estimate of drug-likeness (QED) is 0.519. The van der Waals surface area contributed by atoms with Crippen molar-refractivity contribution in [2.24, 2.45) is 0 Å². The maximum Gasteiger partial charge on any atom is 0.505 e. The number of rotatable bonds is 4. The Balaban J connectivity index is 3.01. The first-order valence-corrected chi connectivity index (χ1v) is 4.45. The van der Waals surface area contributed by atoms with Gasteiger partial charge in [-0.2, -0.15) is 4.89 Å². The molecule has 0 fully saturated rings. The normalized spacial score (nSPS) is 12.2. The average molecular weight is 151 g/mol. The number of hydrogen-bond donors (Lipinski definition) is 2. The maximum absolute atomic E-state index is 10.1. The second-order valence-corrected chi connectivity index (χ2v) is 3.54. The molecule has 54 valence electrons. The second-order valence-electron chi connectivity index (χ2n) is 2.39. The van der Waals surface area contributed by atoms with Crippen LogP contribution in [0.25, 0.3) is 0 Å². The number of nitrogens with one attached hydrogen (secondary N) is 1. The summed E-state index contributed by atoms with van der Waals surface area (Å²) in [4.78, 5) is 9.69. The van der Waals surface area contributed by atoms with Gasteiger partial charge in [0.15, 0.2) is 6.16 Å². The third-order valence-electron chi connectivity index (χ3n) is 1.03. The van der Waals surface area contributed by atoms with Gasteiger partial charge in [-0.05, 0) is 4.57 Å². The van der Waals surface area contributed by atoms with E-state index in [2.05, 4.69) is 0 Å². The van der Waals surface area contributed by atoms with Gasteiger partial charge in [0.1, 0.15) is 0 Å². The molecule has 0 amide bonds. The molecular weight excluding hydrogens is 137 g/mol. The van der Waals surface area contributed by atoms with Crippen molar-refractivity contribution in [3.05, 3.63) is 0 Å². The predicted molar refractivity (Wildman–Crippen MR) is 37.0 cm³/mol. The Labute approximate surface area is 56.5 Å². The van der Waals surface area contributed by atoms with Crippen LogP contribution < -0.4 is 4.90 Å². The van der Waals surface area contributed by atoms with Crippen molar-refractivity contribution >= 4 is 8.03 Å². The van der Waals surface area contributed by atoms with Gasteiger partial charge in [0, 0.05) is 6.42 Å². The summed E-state index contributed by atoms with van der Waals surface area (Å²) >= 11 is 0. The molecule has 3 nitrogen and oxygen atoms in total. The zero-order chi connectivity index (χ0) is 7.28. The van der Waals surface area contributed by atoms with E-state index in [1.54, 1.807) is 0 Å². The molecule has 2 N–H and O–H groups in total. The standard InChI is InChI=1S/C5H12NO2P/c1-6(2)4-3-5-9(7)8/h3-5H2,1-2H3/p+2. The van der Waals surface area contributed by atoms with Gasteiger partial charge in [-0.1, -0.05) is 0 Å². The van der Waals surface area contributed by atoms with Crippen molar-refractivity contribution in [3.63, 3.8) is 0 Å². The Morgan fingerprint density at radius 1 is 1.56 bits per heavy atom. The molecule has 0 saturated heterocycles. The number of quaternary nitrogens is 1. The molecular formula is C5H14NO2P+2. The molecule has 4 heteroatoms. The summed E-state index contributed by atoms with van der Waals surface area (Å²) < 4.78 is 10.1. The molecule has 9 heavy (non-hydrogen) atoms. The lowest BCUT2D eigenvalue weighted by Gasteiger charge is -2.01. The van der Waals surface area contributed by atoms with Crippen molar-refractivity contribution in [1.29, 1.82) is 0 Å². The van der Waals surface area contributed by atoms with Crippen LogP contribution >= 0.6 is 8.03 Å². The van der Waals surface area contributed by atoms with Crippen LogP contribution in [-0.4, -0.2) is 31.7 Å². The van der Waals surface area contributed by atoms with Crippen LogP contribution in [0.3, 0.4) is 0 Å². The Hall–Kier alpha value is 0.0200. The van der Waals surface area contributed by atoms with Crippen LogP contribution in [0, 0.1) is 0 Å². The SMILES string of the molecule is C[NH+](C)CCC[P+](=O)O. The summed E-state index contributed by atoms with van der Waals surface area (Å²) in [5.74, 6) is 0. The fourth-order valence-corrected chi connectivity index (χ4v) is 0.997. The molecule has 0 saturated carbocycles. The molecule has 0 aliphatic carbocycles. The zero-order valence-electron chi connectivity index (χ0n) is 5.92. The fraction of sp³-hybridized carbons (Fsp3) is 1.00.